The maximum atomic E-state index is 9.42. The van der Waals surface area contributed by atoms with Gasteiger partial charge in [0.2, 0.25) is 0 Å². The molecule has 0 atom stereocenters. The average molecular weight is 404 g/mol. The second-order valence-corrected chi connectivity index (χ2v) is 7.74. The number of anilines is 2. The fourth-order valence-electron chi connectivity index (χ4n) is 3.54. The summed E-state index contributed by atoms with van der Waals surface area (Å²) < 4.78 is 1.94. The molecule has 0 bridgehead atoms. The van der Waals surface area contributed by atoms with Crippen LogP contribution in [0.1, 0.15) is 31.7 Å². The smallest absolute Gasteiger partial charge is 0.200 e. The Hall–Kier alpha value is -3.87. The molecular weight excluding hydrogens is 380 g/mol. The Morgan fingerprint density at radius 3 is 2.93 bits per heavy atom. The Kier molecular flexibility index (Phi) is 5.10. The van der Waals surface area contributed by atoms with Gasteiger partial charge in [0, 0.05) is 31.7 Å². The number of rotatable bonds is 6. The minimum absolute atomic E-state index is 0.216. The van der Waals surface area contributed by atoms with E-state index in [2.05, 4.69) is 61.6 Å². The molecule has 1 fully saturated rings. The summed E-state index contributed by atoms with van der Waals surface area (Å²) in [4.78, 5) is 11.0. The van der Waals surface area contributed by atoms with Gasteiger partial charge >= 0.3 is 0 Å². The number of hydrogen-bond donors (Lipinski definition) is 3. The van der Waals surface area contributed by atoms with Crippen LogP contribution in [0.3, 0.4) is 0 Å². The van der Waals surface area contributed by atoms with Crippen molar-refractivity contribution in [3.63, 3.8) is 0 Å². The van der Waals surface area contributed by atoms with Crippen LogP contribution in [0.5, 0.6) is 0 Å². The molecule has 154 valence electrons. The van der Waals surface area contributed by atoms with E-state index in [1.165, 1.54) is 0 Å². The lowest BCUT2D eigenvalue weighted by Crippen LogP contribution is -2.63. The Morgan fingerprint density at radius 1 is 1.43 bits per heavy atom. The molecule has 0 saturated carbocycles. The predicted molar refractivity (Wildman–Crippen MR) is 114 cm³/mol. The minimum atomic E-state index is -0.362. The first kappa shape index (κ1) is 19.4. The van der Waals surface area contributed by atoms with E-state index in [0.29, 0.717) is 36.9 Å². The molecule has 0 aromatic carbocycles. The van der Waals surface area contributed by atoms with E-state index in [1.807, 2.05) is 23.0 Å². The van der Waals surface area contributed by atoms with Crippen LogP contribution >= 0.6 is 0 Å². The van der Waals surface area contributed by atoms with Crippen molar-refractivity contribution in [1.29, 1.82) is 5.26 Å². The van der Waals surface area contributed by atoms with Crippen molar-refractivity contribution in [2.24, 2.45) is 10.7 Å². The molecular formula is C20H24N10. The third-order valence-electron chi connectivity index (χ3n) is 5.24. The number of pyridine rings is 1. The number of aliphatic imine (C=N–C) groups is 1. The number of nitriles is 1. The first-order valence-corrected chi connectivity index (χ1v) is 9.73. The molecule has 0 spiro atoms. The SMILES string of the molecule is CC(C)c1cnn(C2(CC#N)CN(c3cccnc3N=C(N)Nc3cn[nH]c3)C2)c1. The van der Waals surface area contributed by atoms with Crippen LogP contribution < -0.4 is 16.0 Å². The normalized spacial score (nSPS) is 15.7. The van der Waals surface area contributed by atoms with Gasteiger partial charge in [0.05, 0.1) is 36.3 Å². The van der Waals surface area contributed by atoms with Crippen molar-refractivity contribution in [2.75, 3.05) is 23.3 Å². The number of nitrogens with two attached hydrogens (primary N) is 1. The number of nitrogens with zero attached hydrogens (tertiary/aromatic N) is 7. The van der Waals surface area contributed by atoms with Gasteiger partial charge in [-0.1, -0.05) is 13.8 Å². The lowest BCUT2D eigenvalue weighted by atomic mass is 9.86. The van der Waals surface area contributed by atoms with Crippen molar-refractivity contribution in [3.05, 3.63) is 48.7 Å². The molecule has 4 heterocycles. The number of aromatic amines is 1. The largest absolute Gasteiger partial charge is 0.369 e. The molecule has 1 aliphatic rings. The minimum Gasteiger partial charge on any atom is -0.369 e. The summed E-state index contributed by atoms with van der Waals surface area (Å²) in [5.74, 6) is 1.12. The molecule has 4 N–H and O–H groups in total. The lowest BCUT2D eigenvalue weighted by Gasteiger charge is -2.50. The zero-order valence-electron chi connectivity index (χ0n) is 16.9. The molecule has 1 saturated heterocycles. The van der Waals surface area contributed by atoms with Crippen LogP contribution in [0.4, 0.5) is 17.2 Å². The molecule has 0 radical (unpaired) electrons. The molecule has 0 unspecified atom stereocenters. The monoisotopic (exact) mass is 404 g/mol. The molecule has 10 heteroatoms. The van der Waals surface area contributed by atoms with Gasteiger partial charge in [-0.05, 0) is 23.6 Å². The highest BCUT2D eigenvalue weighted by atomic mass is 15.4. The van der Waals surface area contributed by atoms with Gasteiger partial charge in [-0.2, -0.15) is 20.5 Å². The van der Waals surface area contributed by atoms with Gasteiger partial charge in [0.15, 0.2) is 11.8 Å². The van der Waals surface area contributed by atoms with Crippen molar-refractivity contribution in [2.45, 2.75) is 31.7 Å². The third-order valence-corrected chi connectivity index (χ3v) is 5.24. The Bertz CT molecular complexity index is 1070. The number of nitrogens with one attached hydrogen (secondary N) is 2. The fraction of sp³-hybridized carbons (Fsp3) is 0.350. The summed E-state index contributed by atoms with van der Waals surface area (Å²) in [6.45, 7) is 5.55. The van der Waals surface area contributed by atoms with Crippen LogP contribution in [0.25, 0.3) is 0 Å². The predicted octanol–water partition coefficient (Wildman–Crippen LogP) is 2.31. The molecule has 4 rings (SSSR count). The summed E-state index contributed by atoms with van der Waals surface area (Å²) in [5.41, 5.74) is 8.40. The van der Waals surface area contributed by atoms with Crippen LogP contribution in [0, 0.1) is 11.3 Å². The number of guanidine groups is 1. The van der Waals surface area contributed by atoms with Gasteiger partial charge in [-0.3, -0.25) is 9.78 Å². The highest BCUT2D eigenvalue weighted by Gasteiger charge is 2.46. The molecule has 0 amide bonds. The zero-order chi connectivity index (χ0) is 21.1. The van der Waals surface area contributed by atoms with Crippen LogP contribution in [0.2, 0.25) is 0 Å². The van der Waals surface area contributed by atoms with Crippen LogP contribution in [-0.4, -0.2) is 44.0 Å². The standard InChI is InChI=1S/C20H24N10/c1-14(2)15-8-26-30(11-15)20(5-6-21)12-29(13-20)17-4-3-7-23-18(17)28-19(22)27-16-9-24-25-10-16/h3-4,7-11,14H,5,12-13H2,1-2H3,(H,24,25)(H3,22,23,27,28). The maximum Gasteiger partial charge on any atom is 0.200 e. The highest BCUT2D eigenvalue weighted by Crippen LogP contribution is 2.39. The summed E-state index contributed by atoms with van der Waals surface area (Å²) in [5, 5.41) is 23.5. The fourth-order valence-corrected chi connectivity index (χ4v) is 3.54. The zero-order valence-corrected chi connectivity index (χ0v) is 16.9. The molecule has 0 aliphatic carbocycles. The topological polar surface area (TPSA) is 137 Å². The maximum absolute atomic E-state index is 9.42. The molecule has 1 aliphatic heterocycles. The van der Waals surface area contributed by atoms with E-state index in [1.54, 1.807) is 18.6 Å². The molecule has 3 aromatic heterocycles. The Balaban J connectivity index is 1.55. The van der Waals surface area contributed by atoms with Gasteiger partial charge in [0.1, 0.15) is 5.54 Å². The summed E-state index contributed by atoms with van der Waals surface area (Å²) in [6.07, 6.45) is 9.29. The number of hydrogen-bond acceptors (Lipinski definition) is 6. The first-order chi connectivity index (χ1) is 14.5. The Morgan fingerprint density at radius 2 is 2.27 bits per heavy atom. The van der Waals surface area contributed by atoms with E-state index < -0.39 is 0 Å². The average Bonchev–Trinajstić information content (AvgIpc) is 3.37. The van der Waals surface area contributed by atoms with Gasteiger partial charge in [-0.25, -0.2) is 4.98 Å². The van der Waals surface area contributed by atoms with Crippen molar-refractivity contribution in [1.82, 2.24) is 25.0 Å². The van der Waals surface area contributed by atoms with E-state index in [-0.39, 0.29) is 11.5 Å². The van der Waals surface area contributed by atoms with Gasteiger partial charge < -0.3 is 16.0 Å². The van der Waals surface area contributed by atoms with Gasteiger partial charge in [-0.15, -0.1) is 0 Å². The van der Waals surface area contributed by atoms with E-state index in [0.717, 1.165) is 11.3 Å². The van der Waals surface area contributed by atoms with E-state index in [9.17, 15) is 5.26 Å². The lowest BCUT2D eigenvalue weighted by molar-refractivity contribution is 0.198. The van der Waals surface area contributed by atoms with Crippen molar-refractivity contribution < 1.29 is 0 Å². The van der Waals surface area contributed by atoms with E-state index >= 15 is 0 Å². The summed E-state index contributed by atoms with van der Waals surface area (Å²) in [7, 11) is 0. The van der Waals surface area contributed by atoms with E-state index in [4.69, 9.17) is 5.73 Å². The van der Waals surface area contributed by atoms with Crippen molar-refractivity contribution >= 4 is 23.2 Å². The van der Waals surface area contributed by atoms with Gasteiger partial charge in [0.25, 0.3) is 0 Å². The summed E-state index contributed by atoms with van der Waals surface area (Å²) >= 11 is 0. The highest BCUT2D eigenvalue weighted by molar-refractivity contribution is 5.94. The summed E-state index contributed by atoms with van der Waals surface area (Å²) in [6, 6.07) is 6.14. The van der Waals surface area contributed by atoms with Crippen LogP contribution in [0.15, 0.2) is 48.1 Å². The number of H-pyrrole nitrogens is 1. The molecule has 10 nitrogen and oxygen atoms in total. The molecule has 30 heavy (non-hydrogen) atoms. The molecule has 3 aromatic rings. The van der Waals surface area contributed by atoms with Crippen LogP contribution in [-0.2, 0) is 5.54 Å². The quantitative estimate of drug-likeness (QED) is 0.423. The second kappa shape index (κ2) is 7.87. The number of aromatic nitrogens is 5. The van der Waals surface area contributed by atoms with Crippen molar-refractivity contribution in [3.8, 4) is 6.07 Å². The Labute approximate surface area is 174 Å². The second-order valence-electron chi connectivity index (χ2n) is 7.74. The third kappa shape index (κ3) is 3.69. The first-order valence-electron chi connectivity index (χ1n) is 9.73.